The second-order valence-electron chi connectivity index (χ2n) is 13.2. The third-order valence-electron chi connectivity index (χ3n) is 9.65. The van der Waals surface area contributed by atoms with E-state index in [0.29, 0.717) is 0 Å². The summed E-state index contributed by atoms with van der Waals surface area (Å²) in [5, 5.41) is 134. The van der Waals surface area contributed by atoms with Gasteiger partial charge in [0.25, 0.3) is 0 Å². The second kappa shape index (κ2) is 16.9. The highest BCUT2D eigenvalue weighted by atomic mass is 16.8. The number of methoxy groups -OCH3 is 1. The summed E-state index contributed by atoms with van der Waals surface area (Å²) >= 11 is 0. The van der Waals surface area contributed by atoms with Crippen LogP contribution in [0.25, 0.3) is 22.3 Å². The number of rotatable bonds is 11. The number of benzene rings is 2. The Labute approximate surface area is 314 Å². The highest BCUT2D eigenvalue weighted by molar-refractivity contribution is 5.88. The summed E-state index contributed by atoms with van der Waals surface area (Å²) < 4.78 is 45.0. The molecule has 0 spiro atoms. The molecule has 22 heteroatoms. The van der Waals surface area contributed by atoms with Crippen molar-refractivity contribution in [3.8, 4) is 40.1 Å². The minimum Gasteiger partial charge on any atom is -0.507 e. The monoisotopic (exact) mass is 802 g/mol. The Morgan fingerprint density at radius 1 is 0.625 bits per heavy atom. The van der Waals surface area contributed by atoms with Crippen LogP contribution < -0.4 is 19.6 Å². The smallest absolute Gasteiger partial charge is 0.239 e. The van der Waals surface area contributed by atoms with Crippen molar-refractivity contribution in [2.75, 3.05) is 26.9 Å². The van der Waals surface area contributed by atoms with E-state index >= 15 is 0 Å². The molecule has 13 N–H and O–H groups in total. The van der Waals surface area contributed by atoms with Gasteiger partial charge in [-0.25, -0.2) is 0 Å². The van der Waals surface area contributed by atoms with E-state index in [4.69, 9.17) is 37.6 Å². The van der Waals surface area contributed by atoms with Crippen molar-refractivity contribution in [1.29, 1.82) is 0 Å². The molecule has 0 amide bonds. The number of phenolic OH excluding ortho intramolecular Hbond substituents is 2. The number of aliphatic hydroxyl groups excluding tert-OH is 11. The zero-order valence-electron chi connectivity index (χ0n) is 29.2. The van der Waals surface area contributed by atoms with Crippen LogP contribution in [-0.4, -0.2) is 185 Å². The molecule has 22 nitrogen and oxygen atoms in total. The van der Waals surface area contributed by atoms with E-state index < -0.39 is 146 Å². The van der Waals surface area contributed by atoms with Crippen LogP contribution >= 0.6 is 0 Å². The summed E-state index contributed by atoms with van der Waals surface area (Å²) in [7, 11) is 1.23. The van der Waals surface area contributed by atoms with Gasteiger partial charge in [0.05, 0.1) is 26.9 Å². The van der Waals surface area contributed by atoms with Crippen molar-refractivity contribution in [3.05, 3.63) is 40.6 Å². The van der Waals surface area contributed by atoms with Crippen LogP contribution in [0.5, 0.6) is 28.7 Å². The molecule has 0 radical (unpaired) electrons. The zero-order valence-corrected chi connectivity index (χ0v) is 29.2. The lowest BCUT2D eigenvalue weighted by atomic mass is 9.97. The van der Waals surface area contributed by atoms with E-state index in [9.17, 15) is 71.2 Å². The number of ether oxygens (including phenoxy) is 7. The van der Waals surface area contributed by atoms with Crippen LogP contribution in [0, 0.1) is 0 Å². The lowest BCUT2D eigenvalue weighted by Crippen LogP contribution is -2.65. The molecule has 0 unspecified atom stereocenters. The SMILES string of the molecule is COc1cc(-c2oc3cc(O[C@@H]4O[C@H](CO)[C@@H](O)[C@H](O)[C@@H]4O)cc(O)c3c(=O)c2O[C@@H]2O[C@@H](CO)[C@@H](O)[C@H](O)[C@H]2O[C@@H]2O[C@H](CO)[C@@H](O)[C@H](O)[C@H]2O)ccc1O. The first-order valence-corrected chi connectivity index (χ1v) is 17.1. The number of aliphatic hydroxyl groups is 11. The van der Waals surface area contributed by atoms with Crippen LogP contribution in [0.3, 0.4) is 0 Å². The highest BCUT2D eigenvalue weighted by Gasteiger charge is 2.52. The van der Waals surface area contributed by atoms with Crippen molar-refractivity contribution in [1.82, 2.24) is 0 Å². The molecule has 310 valence electrons. The molecular formula is C34H42O22. The summed E-state index contributed by atoms with van der Waals surface area (Å²) in [5.41, 5.74) is -1.54. The van der Waals surface area contributed by atoms with Crippen LogP contribution in [0.15, 0.2) is 39.5 Å². The van der Waals surface area contributed by atoms with Crippen LogP contribution in [-0.2, 0) is 18.9 Å². The average Bonchev–Trinajstić information content (AvgIpc) is 3.18. The molecule has 0 bridgehead atoms. The molecule has 3 aliphatic heterocycles. The Bertz CT molecular complexity index is 1880. The predicted molar refractivity (Wildman–Crippen MR) is 179 cm³/mol. The van der Waals surface area contributed by atoms with Crippen molar-refractivity contribution in [3.63, 3.8) is 0 Å². The molecule has 3 aliphatic rings. The number of aromatic hydroxyl groups is 2. The van der Waals surface area contributed by atoms with Gasteiger partial charge in [-0.15, -0.1) is 0 Å². The highest BCUT2D eigenvalue weighted by Crippen LogP contribution is 2.41. The first-order valence-electron chi connectivity index (χ1n) is 17.1. The molecule has 4 heterocycles. The molecule has 1 aromatic heterocycles. The maximum Gasteiger partial charge on any atom is 0.239 e. The lowest BCUT2D eigenvalue weighted by molar-refractivity contribution is -0.358. The Balaban J connectivity index is 1.44. The van der Waals surface area contributed by atoms with Gasteiger partial charge in [-0.3, -0.25) is 4.79 Å². The fourth-order valence-corrected chi connectivity index (χ4v) is 6.49. The van der Waals surface area contributed by atoms with E-state index in [2.05, 4.69) is 0 Å². The summed E-state index contributed by atoms with van der Waals surface area (Å²) in [6, 6.07) is 5.63. The molecule has 3 fully saturated rings. The number of hydrogen-bond acceptors (Lipinski definition) is 22. The molecule has 0 aliphatic carbocycles. The first kappa shape index (κ1) is 41.7. The number of fused-ring (bicyclic) bond motifs is 1. The lowest BCUT2D eigenvalue weighted by Gasteiger charge is -2.45. The molecule has 15 atom stereocenters. The zero-order chi connectivity index (χ0) is 40.7. The summed E-state index contributed by atoms with van der Waals surface area (Å²) in [5.74, 6) is -2.79. The van der Waals surface area contributed by atoms with Gasteiger partial charge >= 0.3 is 0 Å². The molecule has 3 saturated heterocycles. The minimum atomic E-state index is -2.03. The third kappa shape index (κ3) is 7.70. The van der Waals surface area contributed by atoms with Crippen molar-refractivity contribution >= 4 is 11.0 Å². The van der Waals surface area contributed by atoms with Gasteiger partial charge in [0.2, 0.25) is 23.8 Å². The molecule has 6 rings (SSSR count). The van der Waals surface area contributed by atoms with Gasteiger partial charge in [0.1, 0.15) is 89.6 Å². The van der Waals surface area contributed by atoms with Crippen LogP contribution in [0.4, 0.5) is 0 Å². The fraction of sp³-hybridized carbons (Fsp3) is 0.559. The van der Waals surface area contributed by atoms with Gasteiger partial charge in [-0.1, -0.05) is 0 Å². The fourth-order valence-electron chi connectivity index (χ4n) is 6.49. The average molecular weight is 803 g/mol. The molecule has 3 aromatic rings. The van der Waals surface area contributed by atoms with Crippen LogP contribution in [0.1, 0.15) is 0 Å². The Kier molecular flexibility index (Phi) is 12.6. The Morgan fingerprint density at radius 3 is 1.77 bits per heavy atom. The maximum absolute atomic E-state index is 14.3. The quantitative estimate of drug-likeness (QED) is 0.0863. The standard InChI is InChI=1S/C34H42O22/c1-49-14-4-10(2-3-12(14)38)29-30(23(43)19-13(39)5-11(6-15(19)51-29)50-32-27(47)24(44)20(40)16(7-35)52-32)55-34-31(26(46)22(42)18(9-37)54-34)56-33-28(48)25(45)21(41)17(8-36)53-33/h2-6,16-18,20-22,24-28,31-42,44-48H,7-9H2,1H3/t16-,17-,18+,20-,21-,22-,24+,25+,26+,27+,28-,31-,32-,33+,34+/m1/s1. The van der Waals surface area contributed by atoms with Gasteiger partial charge < -0.3 is 104 Å². The summed E-state index contributed by atoms with van der Waals surface area (Å²) in [6.45, 7) is -2.52. The summed E-state index contributed by atoms with van der Waals surface area (Å²) in [4.78, 5) is 14.3. The molecular weight excluding hydrogens is 760 g/mol. The van der Waals surface area contributed by atoms with Crippen LogP contribution in [0.2, 0.25) is 0 Å². The van der Waals surface area contributed by atoms with Gasteiger partial charge in [-0.05, 0) is 18.2 Å². The third-order valence-corrected chi connectivity index (χ3v) is 9.65. The molecule has 0 saturated carbocycles. The van der Waals surface area contributed by atoms with E-state index in [1.54, 1.807) is 0 Å². The van der Waals surface area contributed by atoms with Crippen molar-refractivity contribution in [2.24, 2.45) is 0 Å². The van der Waals surface area contributed by atoms with E-state index in [-0.39, 0.29) is 22.8 Å². The van der Waals surface area contributed by atoms with E-state index in [1.807, 2.05) is 0 Å². The van der Waals surface area contributed by atoms with Gasteiger partial charge in [0, 0.05) is 17.7 Å². The van der Waals surface area contributed by atoms with Gasteiger partial charge in [-0.2, -0.15) is 0 Å². The normalized spacial score (nSPS) is 36.3. The number of phenols is 2. The molecule has 56 heavy (non-hydrogen) atoms. The minimum absolute atomic E-state index is 0.0186. The second-order valence-corrected chi connectivity index (χ2v) is 13.2. The van der Waals surface area contributed by atoms with Crippen molar-refractivity contribution < 1.29 is 104 Å². The first-order chi connectivity index (χ1) is 26.6. The maximum atomic E-state index is 14.3. The van der Waals surface area contributed by atoms with E-state index in [0.717, 1.165) is 12.1 Å². The largest absolute Gasteiger partial charge is 0.507 e. The van der Waals surface area contributed by atoms with E-state index in [1.165, 1.54) is 25.3 Å². The topological polar surface area (TPSA) is 358 Å². The Hall–Kier alpha value is -3.95. The number of hydrogen-bond donors (Lipinski definition) is 13. The summed E-state index contributed by atoms with van der Waals surface area (Å²) in [6.07, 6.45) is -26.9. The van der Waals surface area contributed by atoms with Crippen molar-refractivity contribution in [2.45, 2.75) is 92.1 Å². The Morgan fingerprint density at radius 2 is 1.18 bits per heavy atom. The molecule has 2 aromatic carbocycles. The predicted octanol–water partition coefficient (Wildman–Crippen LogP) is -4.94. The van der Waals surface area contributed by atoms with Gasteiger partial charge in [0.15, 0.2) is 29.7 Å².